The number of hydrogen-bond donors (Lipinski definition) is 2. The van der Waals surface area contributed by atoms with Crippen LogP contribution in [0.1, 0.15) is 49.7 Å². The van der Waals surface area contributed by atoms with E-state index in [1.807, 2.05) is 10.6 Å². The molecule has 1 saturated carbocycles. The summed E-state index contributed by atoms with van der Waals surface area (Å²) in [5.74, 6) is 1.58. The maximum atomic E-state index is 11.8. The fraction of sp³-hybridized carbons (Fsp3) is 0.500. The standard InChI is InChI=1S/C30H39N3O4S/c1-22(35)29-31-14-15-33(29)27(21-34)10-13-30(11-8-25(9-12-30)24-6-4-3-5-7-24)26-16-23(17-26)18-32-19-28(20-32)38(2,36)37/h3-11,13-15,22-23,26-28,34-35H,12,16-21H2,1-2H3/b13-10+. The van der Waals surface area contributed by atoms with Gasteiger partial charge in [0.2, 0.25) is 0 Å². The van der Waals surface area contributed by atoms with E-state index in [1.165, 1.54) is 17.4 Å². The summed E-state index contributed by atoms with van der Waals surface area (Å²) in [7, 11) is -2.94. The van der Waals surface area contributed by atoms with Crippen LogP contribution in [-0.2, 0) is 9.84 Å². The van der Waals surface area contributed by atoms with E-state index in [2.05, 4.69) is 64.5 Å². The fourth-order valence-electron chi connectivity index (χ4n) is 6.17. The molecule has 0 spiro atoms. The van der Waals surface area contributed by atoms with Crippen LogP contribution in [-0.4, -0.2) is 70.8 Å². The van der Waals surface area contributed by atoms with Crippen molar-refractivity contribution < 1.29 is 18.6 Å². The van der Waals surface area contributed by atoms with Gasteiger partial charge in [-0.25, -0.2) is 13.4 Å². The van der Waals surface area contributed by atoms with Crippen molar-refractivity contribution >= 4 is 15.4 Å². The minimum atomic E-state index is -2.94. The first-order chi connectivity index (χ1) is 18.2. The minimum absolute atomic E-state index is 0.0821. The van der Waals surface area contributed by atoms with E-state index in [4.69, 9.17) is 0 Å². The van der Waals surface area contributed by atoms with E-state index in [1.54, 1.807) is 19.3 Å². The summed E-state index contributed by atoms with van der Waals surface area (Å²) in [5, 5.41) is 20.1. The van der Waals surface area contributed by atoms with Gasteiger partial charge in [0.15, 0.2) is 9.84 Å². The number of aliphatic hydroxyl groups is 2. The van der Waals surface area contributed by atoms with Crippen molar-refractivity contribution in [2.75, 3.05) is 32.5 Å². The molecule has 2 fully saturated rings. The van der Waals surface area contributed by atoms with E-state index in [0.29, 0.717) is 30.7 Å². The Morgan fingerprint density at radius 2 is 1.95 bits per heavy atom. The second kappa shape index (κ2) is 10.9. The van der Waals surface area contributed by atoms with Crippen molar-refractivity contribution in [3.8, 4) is 0 Å². The quantitative estimate of drug-likeness (QED) is 0.448. The summed E-state index contributed by atoms with van der Waals surface area (Å²) in [6, 6.07) is 10.1. The van der Waals surface area contributed by atoms with E-state index in [9.17, 15) is 18.6 Å². The zero-order valence-corrected chi connectivity index (χ0v) is 23.0. The molecule has 3 unspecified atom stereocenters. The summed E-state index contributed by atoms with van der Waals surface area (Å²) >= 11 is 0. The predicted octanol–water partition coefficient (Wildman–Crippen LogP) is 3.81. The van der Waals surface area contributed by atoms with Crippen molar-refractivity contribution in [1.29, 1.82) is 0 Å². The molecular weight excluding hydrogens is 498 g/mol. The number of sulfone groups is 1. The molecule has 0 bridgehead atoms. The Labute approximate surface area is 226 Å². The molecule has 0 radical (unpaired) electrons. The van der Waals surface area contributed by atoms with E-state index >= 15 is 0 Å². The van der Waals surface area contributed by atoms with Gasteiger partial charge in [0, 0.05) is 43.7 Å². The summed E-state index contributed by atoms with van der Waals surface area (Å²) in [5.41, 5.74) is 2.28. The number of benzene rings is 1. The van der Waals surface area contributed by atoms with Crippen LogP contribution in [0.4, 0.5) is 0 Å². The predicted molar refractivity (Wildman–Crippen MR) is 150 cm³/mol. The molecule has 2 aliphatic carbocycles. The average Bonchev–Trinajstić information content (AvgIpc) is 3.33. The lowest BCUT2D eigenvalue weighted by molar-refractivity contribution is 0.0511. The first-order valence-corrected chi connectivity index (χ1v) is 15.5. The van der Waals surface area contributed by atoms with Gasteiger partial charge >= 0.3 is 0 Å². The SMILES string of the molecule is CC(O)c1nccn1C(/C=C/C1(C2CC(CN3CC(S(C)(=O)=O)C3)C2)C=CC(c2ccccc2)=CC1)CO. The molecule has 2 aromatic rings. The number of nitrogens with zero attached hydrogens (tertiary/aromatic N) is 3. The topological polar surface area (TPSA) is 95.7 Å². The lowest BCUT2D eigenvalue weighted by Gasteiger charge is -2.50. The highest BCUT2D eigenvalue weighted by Gasteiger charge is 2.45. The van der Waals surface area contributed by atoms with Gasteiger partial charge in [0.1, 0.15) is 11.9 Å². The Bertz CT molecular complexity index is 1300. The van der Waals surface area contributed by atoms with Crippen LogP contribution >= 0.6 is 0 Å². The highest BCUT2D eigenvalue weighted by molar-refractivity contribution is 7.91. The third kappa shape index (κ3) is 5.59. The maximum Gasteiger partial charge on any atom is 0.152 e. The van der Waals surface area contributed by atoms with Gasteiger partial charge in [-0.05, 0) is 49.2 Å². The van der Waals surface area contributed by atoms with E-state index in [0.717, 1.165) is 25.8 Å². The maximum absolute atomic E-state index is 11.8. The molecular formula is C30H39N3O4S. The van der Waals surface area contributed by atoms with Gasteiger partial charge in [-0.2, -0.15) is 0 Å². The van der Waals surface area contributed by atoms with Crippen molar-refractivity contribution in [2.45, 2.75) is 43.6 Å². The number of likely N-dealkylation sites (tertiary alicyclic amines) is 1. The molecule has 1 aliphatic heterocycles. The van der Waals surface area contributed by atoms with Crippen LogP contribution in [0, 0.1) is 17.3 Å². The van der Waals surface area contributed by atoms with Gasteiger partial charge in [-0.3, -0.25) is 0 Å². The fourth-order valence-corrected chi connectivity index (χ4v) is 7.13. The highest BCUT2D eigenvalue weighted by Crippen LogP contribution is 2.52. The van der Waals surface area contributed by atoms with Gasteiger partial charge in [0.05, 0.1) is 17.9 Å². The molecule has 2 N–H and O–H groups in total. The third-order valence-corrected chi connectivity index (χ3v) is 10.2. The Kier molecular flexibility index (Phi) is 7.78. The van der Waals surface area contributed by atoms with E-state index in [-0.39, 0.29) is 23.3 Å². The largest absolute Gasteiger partial charge is 0.394 e. The van der Waals surface area contributed by atoms with Crippen molar-refractivity contribution in [1.82, 2.24) is 14.5 Å². The minimum Gasteiger partial charge on any atom is -0.394 e. The first-order valence-electron chi connectivity index (χ1n) is 13.6. The van der Waals surface area contributed by atoms with Crippen LogP contribution in [0.3, 0.4) is 0 Å². The van der Waals surface area contributed by atoms with Crippen LogP contribution in [0.2, 0.25) is 0 Å². The molecule has 7 nitrogen and oxygen atoms in total. The Hall–Kier alpha value is -2.52. The molecule has 1 saturated heterocycles. The first kappa shape index (κ1) is 27.1. The van der Waals surface area contributed by atoms with Crippen LogP contribution < -0.4 is 0 Å². The molecule has 3 aliphatic rings. The molecule has 3 atom stereocenters. The summed E-state index contributed by atoms with van der Waals surface area (Å²) in [6.45, 7) is 3.87. The molecule has 204 valence electrons. The lowest BCUT2D eigenvalue weighted by atomic mass is 9.58. The van der Waals surface area contributed by atoms with Crippen molar-refractivity contribution in [2.24, 2.45) is 17.3 Å². The molecule has 1 aromatic carbocycles. The zero-order valence-electron chi connectivity index (χ0n) is 22.2. The number of hydrogen-bond acceptors (Lipinski definition) is 6. The van der Waals surface area contributed by atoms with Gasteiger partial charge in [-0.15, -0.1) is 0 Å². The molecule has 0 amide bonds. The summed E-state index contributed by atoms with van der Waals surface area (Å²) < 4.78 is 25.4. The average molecular weight is 538 g/mol. The zero-order chi connectivity index (χ0) is 26.9. The Morgan fingerprint density at radius 1 is 1.21 bits per heavy atom. The monoisotopic (exact) mass is 537 g/mol. The van der Waals surface area contributed by atoms with Crippen LogP contribution in [0.5, 0.6) is 0 Å². The molecule has 5 rings (SSSR count). The van der Waals surface area contributed by atoms with Crippen LogP contribution in [0.15, 0.2) is 73.1 Å². The smallest absolute Gasteiger partial charge is 0.152 e. The lowest BCUT2D eigenvalue weighted by Crippen LogP contribution is -2.56. The third-order valence-electron chi connectivity index (χ3n) is 8.64. The van der Waals surface area contributed by atoms with Crippen LogP contribution in [0.25, 0.3) is 5.57 Å². The second-order valence-electron chi connectivity index (χ2n) is 11.4. The van der Waals surface area contributed by atoms with Gasteiger partial charge < -0.3 is 19.7 Å². The number of aromatic nitrogens is 2. The highest BCUT2D eigenvalue weighted by atomic mass is 32.2. The number of aliphatic hydroxyl groups excluding tert-OH is 2. The van der Waals surface area contributed by atoms with Gasteiger partial charge in [-0.1, -0.05) is 60.7 Å². The number of rotatable bonds is 10. The number of allylic oxidation sites excluding steroid dienone is 5. The van der Waals surface area contributed by atoms with Crippen molar-refractivity contribution in [3.05, 3.63) is 84.5 Å². The van der Waals surface area contributed by atoms with Gasteiger partial charge in [0.25, 0.3) is 0 Å². The number of imidazole rings is 1. The van der Waals surface area contributed by atoms with Crippen molar-refractivity contribution in [3.63, 3.8) is 0 Å². The molecule has 38 heavy (non-hydrogen) atoms. The molecule has 2 heterocycles. The van der Waals surface area contributed by atoms with E-state index < -0.39 is 15.9 Å². The Balaban J connectivity index is 1.31. The Morgan fingerprint density at radius 3 is 2.55 bits per heavy atom. The normalized spacial score (nSPS) is 28.1. The summed E-state index contributed by atoms with van der Waals surface area (Å²) in [4.78, 5) is 6.55. The molecule has 1 aromatic heterocycles. The summed E-state index contributed by atoms with van der Waals surface area (Å²) in [6.07, 6.45) is 18.4. The molecule has 8 heteroatoms. The second-order valence-corrected chi connectivity index (χ2v) is 13.7.